The second-order valence-corrected chi connectivity index (χ2v) is 5.97. The van der Waals surface area contributed by atoms with Gasteiger partial charge in [0.1, 0.15) is 0 Å². The molecule has 5 heteroatoms. The van der Waals surface area contributed by atoms with E-state index in [1.165, 1.54) is 0 Å². The molecular weight excluding hydrogens is 278 g/mol. The number of amides is 2. The first-order valence-electron chi connectivity index (χ1n) is 7.58. The van der Waals surface area contributed by atoms with E-state index in [2.05, 4.69) is 18.2 Å². The molecule has 2 aromatic rings. The maximum atomic E-state index is 12.8. The first kappa shape index (κ1) is 14.6. The second kappa shape index (κ2) is 5.48. The third-order valence-electron chi connectivity index (χ3n) is 4.39. The number of nitrogens with zero attached hydrogens (tertiary/aromatic N) is 3. The molecule has 116 valence electrons. The summed E-state index contributed by atoms with van der Waals surface area (Å²) in [4.78, 5) is 27.8. The molecular formula is C17H21N3O2. The highest BCUT2D eigenvalue weighted by Gasteiger charge is 2.25. The third kappa shape index (κ3) is 2.47. The normalized spacial score (nSPS) is 15.4. The lowest BCUT2D eigenvalue weighted by Crippen LogP contribution is -2.50. The maximum absolute atomic E-state index is 12.8. The Morgan fingerprint density at radius 3 is 2.32 bits per heavy atom. The average Bonchev–Trinajstić information content (AvgIpc) is 2.83. The molecule has 1 fully saturated rings. The molecule has 3 rings (SSSR count). The lowest BCUT2D eigenvalue weighted by molar-refractivity contribution is -0.130. The van der Waals surface area contributed by atoms with Crippen molar-refractivity contribution in [2.75, 3.05) is 26.2 Å². The van der Waals surface area contributed by atoms with Gasteiger partial charge in [-0.3, -0.25) is 9.59 Å². The summed E-state index contributed by atoms with van der Waals surface area (Å²) < 4.78 is 1.99. The molecule has 0 unspecified atom stereocenters. The van der Waals surface area contributed by atoms with Crippen molar-refractivity contribution in [1.82, 2.24) is 14.4 Å². The van der Waals surface area contributed by atoms with E-state index >= 15 is 0 Å². The number of hydrogen-bond donors (Lipinski definition) is 0. The van der Waals surface area contributed by atoms with Gasteiger partial charge in [0.2, 0.25) is 5.91 Å². The summed E-state index contributed by atoms with van der Waals surface area (Å²) in [6.45, 7) is 6.04. The Morgan fingerprint density at radius 1 is 1.05 bits per heavy atom. The number of aryl methyl sites for hydroxylation is 2. The van der Waals surface area contributed by atoms with Crippen LogP contribution in [-0.2, 0) is 11.8 Å². The number of aromatic nitrogens is 1. The van der Waals surface area contributed by atoms with Crippen LogP contribution >= 0.6 is 0 Å². The molecule has 0 bridgehead atoms. The summed E-state index contributed by atoms with van der Waals surface area (Å²) in [5.74, 6) is 0.132. The molecule has 0 radical (unpaired) electrons. The van der Waals surface area contributed by atoms with Gasteiger partial charge in [-0.2, -0.15) is 0 Å². The third-order valence-corrected chi connectivity index (χ3v) is 4.39. The van der Waals surface area contributed by atoms with E-state index in [1.54, 1.807) is 11.8 Å². The molecule has 1 saturated heterocycles. The van der Waals surface area contributed by atoms with Crippen molar-refractivity contribution in [1.29, 1.82) is 0 Å². The van der Waals surface area contributed by atoms with Gasteiger partial charge in [0, 0.05) is 57.3 Å². The standard InChI is InChI=1S/C17H21N3O2/c1-12-4-5-16-14(10-12)15(11-18(16)3)17(22)20-8-6-19(7-9-20)13(2)21/h4-5,10-11H,6-9H2,1-3H3. The van der Waals surface area contributed by atoms with Crippen LogP contribution < -0.4 is 0 Å². The van der Waals surface area contributed by atoms with Crippen molar-refractivity contribution >= 4 is 22.7 Å². The van der Waals surface area contributed by atoms with Crippen LogP contribution in [0.15, 0.2) is 24.4 Å². The number of hydrogen-bond acceptors (Lipinski definition) is 2. The number of fused-ring (bicyclic) bond motifs is 1. The van der Waals surface area contributed by atoms with E-state index < -0.39 is 0 Å². The van der Waals surface area contributed by atoms with Crippen LogP contribution in [-0.4, -0.2) is 52.4 Å². The number of benzene rings is 1. The number of carbonyl (C=O) groups excluding carboxylic acids is 2. The minimum atomic E-state index is 0.0550. The van der Waals surface area contributed by atoms with Gasteiger partial charge >= 0.3 is 0 Å². The zero-order valence-electron chi connectivity index (χ0n) is 13.3. The van der Waals surface area contributed by atoms with E-state index in [9.17, 15) is 9.59 Å². The largest absolute Gasteiger partial charge is 0.350 e. The molecule has 1 aromatic heterocycles. The van der Waals surface area contributed by atoms with Gasteiger partial charge < -0.3 is 14.4 Å². The van der Waals surface area contributed by atoms with Crippen molar-refractivity contribution in [2.45, 2.75) is 13.8 Å². The van der Waals surface area contributed by atoms with Crippen molar-refractivity contribution < 1.29 is 9.59 Å². The molecule has 22 heavy (non-hydrogen) atoms. The van der Waals surface area contributed by atoms with E-state index in [-0.39, 0.29) is 11.8 Å². The van der Waals surface area contributed by atoms with Gasteiger partial charge in [-0.05, 0) is 19.1 Å². The molecule has 0 spiro atoms. The predicted octanol–water partition coefficient (Wildman–Crippen LogP) is 1.79. The molecule has 0 N–H and O–H groups in total. The highest BCUT2D eigenvalue weighted by molar-refractivity contribution is 6.07. The number of rotatable bonds is 1. The van der Waals surface area contributed by atoms with Crippen LogP contribution in [0.5, 0.6) is 0 Å². The number of piperazine rings is 1. The summed E-state index contributed by atoms with van der Waals surface area (Å²) in [7, 11) is 1.96. The van der Waals surface area contributed by atoms with Crippen molar-refractivity contribution in [2.24, 2.45) is 7.05 Å². The fraction of sp³-hybridized carbons (Fsp3) is 0.412. The smallest absolute Gasteiger partial charge is 0.256 e. The summed E-state index contributed by atoms with van der Waals surface area (Å²) in [6, 6.07) is 6.17. The molecule has 1 aromatic carbocycles. The molecule has 5 nitrogen and oxygen atoms in total. The topological polar surface area (TPSA) is 45.6 Å². The minimum absolute atomic E-state index is 0.0550. The summed E-state index contributed by atoms with van der Waals surface area (Å²) in [5.41, 5.74) is 2.96. The molecule has 0 atom stereocenters. The predicted molar refractivity (Wildman–Crippen MR) is 85.8 cm³/mol. The van der Waals surface area contributed by atoms with Gasteiger partial charge in [0.25, 0.3) is 5.91 Å². The molecule has 1 aliphatic rings. The monoisotopic (exact) mass is 299 g/mol. The molecule has 2 amide bonds. The van der Waals surface area contributed by atoms with E-state index in [4.69, 9.17) is 0 Å². The van der Waals surface area contributed by atoms with E-state index in [0.29, 0.717) is 26.2 Å². The first-order valence-corrected chi connectivity index (χ1v) is 7.58. The Bertz CT molecular complexity index is 740. The Kier molecular flexibility index (Phi) is 3.64. The lowest BCUT2D eigenvalue weighted by atomic mass is 10.1. The molecule has 2 heterocycles. The zero-order valence-corrected chi connectivity index (χ0v) is 13.3. The number of carbonyl (C=O) groups is 2. The fourth-order valence-electron chi connectivity index (χ4n) is 3.07. The first-order chi connectivity index (χ1) is 10.5. The van der Waals surface area contributed by atoms with Crippen LogP contribution in [0.4, 0.5) is 0 Å². The molecule has 0 saturated carbocycles. The molecule has 0 aliphatic carbocycles. The van der Waals surface area contributed by atoms with Crippen LogP contribution in [0.2, 0.25) is 0 Å². The van der Waals surface area contributed by atoms with Gasteiger partial charge in [-0.1, -0.05) is 11.6 Å². The van der Waals surface area contributed by atoms with Crippen molar-refractivity contribution in [3.8, 4) is 0 Å². The quantitative estimate of drug-likeness (QED) is 0.806. The maximum Gasteiger partial charge on any atom is 0.256 e. The average molecular weight is 299 g/mol. The van der Waals surface area contributed by atoms with E-state index in [0.717, 1.165) is 22.0 Å². The Morgan fingerprint density at radius 2 is 1.68 bits per heavy atom. The summed E-state index contributed by atoms with van der Waals surface area (Å²) >= 11 is 0. The molecule has 1 aliphatic heterocycles. The fourth-order valence-corrected chi connectivity index (χ4v) is 3.07. The van der Waals surface area contributed by atoms with Gasteiger partial charge in [-0.15, -0.1) is 0 Å². The van der Waals surface area contributed by atoms with Crippen molar-refractivity contribution in [3.63, 3.8) is 0 Å². The van der Waals surface area contributed by atoms with Crippen LogP contribution in [0.3, 0.4) is 0 Å². The highest BCUT2D eigenvalue weighted by Crippen LogP contribution is 2.23. The Balaban J connectivity index is 1.87. The highest BCUT2D eigenvalue weighted by atomic mass is 16.2. The van der Waals surface area contributed by atoms with Crippen molar-refractivity contribution in [3.05, 3.63) is 35.5 Å². The van der Waals surface area contributed by atoms with E-state index in [1.807, 2.05) is 29.6 Å². The lowest BCUT2D eigenvalue weighted by Gasteiger charge is -2.34. The van der Waals surface area contributed by atoms with Gasteiger partial charge in [0.15, 0.2) is 0 Å². The van der Waals surface area contributed by atoms with Crippen LogP contribution in [0.1, 0.15) is 22.8 Å². The summed E-state index contributed by atoms with van der Waals surface area (Å²) in [5, 5.41) is 1.00. The van der Waals surface area contributed by atoms with Crippen LogP contribution in [0, 0.1) is 6.92 Å². The minimum Gasteiger partial charge on any atom is -0.350 e. The SMILES string of the molecule is CC(=O)N1CCN(C(=O)c2cn(C)c3ccc(C)cc23)CC1. The van der Waals surface area contributed by atoms with Gasteiger partial charge in [-0.25, -0.2) is 0 Å². The Labute approximate surface area is 130 Å². The van der Waals surface area contributed by atoms with Gasteiger partial charge in [0.05, 0.1) is 5.56 Å². The van der Waals surface area contributed by atoms with Crippen LogP contribution in [0.25, 0.3) is 10.9 Å². The summed E-state index contributed by atoms with van der Waals surface area (Å²) in [6.07, 6.45) is 1.91. The Hall–Kier alpha value is -2.30. The zero-order chi connectivity index (χ0) is 15.9. The second-order valence-electron chi connectivity index (χ2n) is 5.97.